The van der Waals surface area contributed by atoms with Crippen molar-refractivity contribution < 1.29 is 19.0 Å². The largest absolute Gasteiger partial charge is 0.496 e. The Morgan fingerprint density at radius 1 is 1.11 bits per heavy atom. The summed E-state index contributed by atoms with van der Waals surface area (Å²) >= 11 is 0. The van der Waals surface area contributed by atoms with Crippen LogP contribution >= 0.6 is 0 Å². The van der Waals surface area contributed by atoms with E-state index in [2.05, 4.69) is 0 Å². The Labute approximate surface area is 111 Å². The van der Waals surface area contributed by atoms with Gasteiger partial charge in [-0.2, -0.15) is 0 Å². The van der Waals surface area contributed by atoms with E-state index in [1.807, 2.05) is 12.1 Å². The van der Waals surface area contributed by atoms with E-state index < -0.39 is 6.10 Å². The zero-order valence-electron chi connectivity index (χ0n) is 10.5. The number of hydrogen-bond donors (Lipinski definition) is 1. The second kappa shape index (κ2) is 6.20. The summed E-state index contributed by atoms with van der Waals surface area (Å²) in [6.07, 6.45) is -0.804. The highest BCUT2D eigenvalue weighted by Gasteiger charge is 2.13. The van der Waals surface area contributed by atoms with E-state index in [-0.39, 0.29) is 12.4 Å². The Hall–Kier alpha value is -2.07. The van der Waals surface area contributed by atoms with Gasteiger partial charge < -0.3 is 14.6 Å². The van der Waals surface area contributed by atoms with E-state index in [1.54, 1.807) is 19.2 Å². The first-order chi connectivity index (χ1) is 9.20. The molecule has 0 fully saturated rings. The van der Waals surface area contributed by atoms with Crippen molar-refractivity contribution in [1.29, 1.82) is 0 Å². The van der Waals surface area contributed by atoms with Crippen LogP contribution in [0, 0.1) is 5.82 Å². The molecule has 3 nitrogen and oxygen atoms in total. The average Bonchev–Trinajstić information content (AvgIpc) is 2.46. The van der Waals surface area contributed by atoms with E-state index in [4.69, 9.17) is 9.47 Å². The molecule has 0 bridgehead atoms. The SMILES string of the molecule is COc1ccccc1C(O)COc1ccc(F)cc1. The molecule has 2 aromatic carbocycles. The van der Waals surface area contributed by atoms with Gasteiger partial charge in [-0.15, -0.1) is 0 Å². The molecular weight excluding hydrogens is 247 g/mol. The molecular formula is C15H15FO3. The van der Waals surface area contributed by atoms with Gasteiger partial charge >= 0.3 is 0 Å². The van der Waals surface area contributed by atoms with Gasteiger partial charge in [-0.25, -0.2) is 4.39 Å². The van der Waals surface area contributed by atoms with Crippen LogP contribution in [0.4, 0.5) is 4.39 Å². The molecule has 0 aliphatic carbocycles. The summed E-state index contributed by atoms with van der Waals surface area (Å²) in [6.45, 7) is 0.0754. The fourth-order valence-corrected chi connectivity index (χ4v) is 1.74. The van der Waals surface area contributed by atoms with Crippen molar-refractivity contribution >= 4 is 0 Å². The van der Waals surface area contributed by atoms with Crippen LogP contribution in [0.25, 0.3) is 0 Å². The van der Waals surface area contributed by atoms with Crippen molar-refractivity contribution in [2.75, 3.05) is 13.7 Å². The summed E-state index contributed by atoms with van der Waals surface area (Å²) in [5.74, 6) is 0.797. The second-order valence-corrected chi connectivity index (χ2v) is 4.02. The van der Waals surface area contributed by atoms with Crippen LogP contribution in [-0.4, -0.2) is 18.8 Å². The van der Waals surface area contributed by atoms with Crippen LogP contribution in [0.5, 0.6) is 11.5 Å². The van der Waals surface area contributed by atoms with Gasteiger partial charge in [0.2, 0.25) is 0 Å². The maximum atomic E-state index is 12.7. The van der Waals surface area contributed by atoms with Crippen LogP contribution in [0.2, 0.25) is 0 Å². The third-order valence-corrected chi connectivity index (χ3v) is 2.72. The molecule has 0 spiro atoms. The minimum Gasteiger partial charge on any atom is -0.496 e. The Balaban J connectivity index is 2.01. The predicted octanol–water partition coefficient (Wildman–Crippen LogP) is 2.95. The Morgan fingerprint density at radius 2 is 1.79 bits per heavy atom. The fourth-order valence-electron chi connectivity index (χ4n) is 1.74. The van der Waals surface area contributed by atoms with Crippen LogP contribution in [0.1, 0.15) is 11.7 Å². The number of methoxy groups -OCH3 is 1. The van der Waals surface area contributed by atoms with Crippen molar-refractivity contribution in [1.82, 2.24) is 0 Å². The molecule has 1 N–H and O–H groups in total. The number of aliphatic hydroxyl groups excluding tert-OH is 1. The van der Waals surface area contributed by atoms with Crippen molar-refractivity contribution in [2.45, 2.75) is 6.10 Å². The maximum absolute atomic E-state index is 12.7. The van der Waals surface area contributed by atoms with Gasteiger partial charge in [-0.05, 0) is 30.3 Å². The Kier molecular flexibility index (Phi) is 4.36. The summed E-state index contributed by atoms with van der Waals surface area (Å²) in [4.78, 5) is 0. The van der Waals surface area contributed by atoms with Crippen molar-refractivity contribution in [2.24, 2.45) is 0 Å². The van der Waals surface area contributed by atoms with E-state index in [9.17, 15) is 9.50 Å². The number of benzene rings is 2. The van der Waals surface area contributed by atoms with Gasteiger partial charge in [-0.3, -0.25) is 0 Å². The molecule has 100 valence electrons. The van der Waals surface area contributed by atoms with Crippen LogP contribution < -0.4 is 9.47 Å². The smallest absolute Gasteiger partial charge is 0.124 e. The summed E-state index contributed by atoms with van der Waals surface area (Å²) < 4.78 is 23.3. The third kappa shape index (κ3) is 3.45. The molecule has 0 aliphatic heterocycles. The highest BCUT2D eigenvalue weighted by molar-refractivity contribution is 5.35. The summed E-state index contributed by atoms with van der Waals surface area (Å²) in [7, 11) is 1.55. The fraction of sp³-hybridized carbons (Fsp3) is 0.200. The molecule has 0 saturated heterocycles. The minimum atomic E-state index is -0.804. The number of rotatable bonds is 5. The van der Waals surface area contributed by atoms with E-state index in [1.165, 1.54) is 24.3 Å². The standard InChI is InChI=1S/C15H15FO3/c1-18-15-5-3-2-4-13(15)14(17)10-19-12-8-6-11(16)7-9-12/h2-9,14,17H,10H2,1H3. The second-order valence-electron chi connectivity index (χ2n) is 4.02. The molecule has 1 atom stereocenters. The van der Waals surface area contributed by atoms with Crippen LogP contribution in [-0.2, 0) is 0 Å². The lowest BCUT2D eigenvalue weighted by atomic mass is 10.1. The monoisotopic (exact) mass is 262 g/mol. The lowest BCUT2D eigenvalue weighted by Gasteiger charge is -2.15. The zero-order chi connectivity index (χ0) is 13.7. The van der Waals surface area contributed by atoms with Crippen LogP contribution in [0.15, 0.2) is 48.5 Å². The molecule has 19 heavy (non-hydrogen) atoms. The quantitative estimate of drug-likeness (QED) is 0.900. The minimum absolute atomic E-state index is 0.0754. The van der Waals surface area contributed by atoms with Gasteiger partial charge in [0, 0.05) is 5.56 Å². The van der Waals surface area contributed by atoms with Gasteiger partial charge in [0.25, 0.3) is 0 Å². The molecule has 2 aromatic rings. The van der Waals surface area contributed by atoms with E-state index >= 15 is 0 Å². The zero-order valence-corrected chi connectivity index (χ0v) is 10.5. The number of hydrogen-bond acceptors (Lipinski definition) is 3. The summed E-state index contributed by atoms with van der Waals surface area (Å²) in [6, 6.07) is 12.9. The Bertz CT molecular complexity index is 525. The number of para-hydroxylation sites is 1. The lowest BCUT2D eigenvalue weighted by Crippen LogP contribution is -2.10. The third-order valence-electron chi connectivity index (χ3n) is 2.72. The molecule has 0 aliphatic rings. The molecule has 4 heteroatoms. The van der Waals surface area contributed by atoms with Gasteiger partial charge in [0.1, 0.15) is 30.0 Å². The lowest BCUT2D eigenvalue weighted by molar-refractivity contribution is 0.105. The summed E-state index contributed by atoms with van der Waals surface area (Å²) in [5, 5.41) is 10.1. The average molecular weight is 262 g/mol. The molecule has 0 radical (unpaired) electrons. The van der Waals surface area contributed by atoms with Gasteiger partial charge in [-0.1, -0.05) is 18.2 Å². The molecule has 0 saturated carbocycles. The molecule has 0 aromatic heterocycles. The van der Waals surface area contributed by atoms with Crippen molar-refractivity contribution in [3.63, 3.8) is 0 Å². The first kappa shape index (κ1) is 13.4. The first-order valence-electron chi connectivity index (χ1n) is 5.90. The molecule has 0 amide bonds. The normalized spacial score (nSPS) is 11.9. The summed E-state index contributed by atoms with van der Waals surface area (Å²) in [5.41, 5.74) is 0.659. The molecule has 1 unspecified atom stereocenters. The van der Waals surface area contributed by atoms with E-state index in [0.29, 0.717) is 17.1 Å². The first-order valence-corrected chi connectivity index (χ1v) is 5.90. The van der Waals surface area contributed by atoms with Crippen molar-refractivity contribution in [3.8, 4) is 11.5 Å². The molecule has 2 rings (SSSR count). The van der Waals surface area contributed by atoms with Gasteiger partial charge in [0.15, 0.2) is 0 Å². The van der Waals surface area contributed by atoms with Crippen LogP contribution in [0.3, 0.4) is 0 Å². The maximum Gasteiger partial charge on any atom is 0.124 e. The van der Waals surface area contributed by atoms with Gasteiger partial charge in [0.05, 0.1) is 7.11 Å². The number of halogens is 1. The molecule has 0 heterocycles. The topological polar surface area (TPSA) is 38.7 Å². The highest BCUT2D eigenvalue weighted by Crippen LogP contribution is 2.25. The highest BCUT2D eigenvalue weighted by atomic mass is 19.1. The number of aliphatic hydroxyl groups is 1. The predicted molar refractivity (Wildman–Crippen MR) is 69.8 cm³/mol. The number of ether oxygens (including phenoxy) is 2. The van der Waals surface area contributed by atoms with E-state index in [0.717, 1.165) is 0 Å². The van der Waals surface area contributed by atoms with Crippen molar-refractivity contribution in [3.05, 3.63) is 59.9 Å². The Morgan fingerprint density at radius 3 is 2.47 bits per heavy atom.